The van der Waals surface area contributed by atoms with Crippen LogP contribution in [0.3, 0.4) is 0 Å². The number of hydrogen-bond acceptors (Lipinski definition) is 8. The number of aromatic nitrogens is 2. The zero-order chi connectivity index (χ0) is 26.5. The summed E-state index contributed by atoms with van der Waals surface area (Å²) in [5.41, 5.74) is 2.81. The van der Waals surface area contributed by atoms with Gasteiger partial charge in [0, 0.05) is 6.07 Å². The van der Waals surface area contributed by atoms with E-state index in [0.29, 0.717) is 35.2 Å². The highest BCUT2D eigenvalue weighted by Crippen LogP contribution is 2.29. The van der Waals surface area contributed by atoms with Crippen molar-refractivity contribution in [1.82, 2.24) is 9.78 Å². The SMILES string of the molecule is COc1ccc(Cn2nc(C)c(NC(=O)c3ccc(COc4ccccc4[N+](=O)[O-])o3)c2C)cc1OC. The molecule has 0 atom stereocenters. The summed E-state index contributed by atoms with van der Waals surface area (Å²) in [7, 11) is 3.16. The number of aryl methyl sites for hydroxylation is 1. The molecule has 0 unspecified atom stereocenters. The number of nitrogens with zero attached hydrogens (tertiary/aromatic N) is 3. The second-order valence-corrected chi connectivity index (χ2v) is 8.13. The van der Waals surface area contributed by atoms with Crippen LogP contribution in [0.5, 0.6) is 17.2 Å². The summed E-state index contributed by atoms with van der Waals surface area (Å²) in [5, 5.41) is 18.6. The van der Waals surface area contributed by atoms with Gasteiger partial charge in [-0.2, -0.15) is 5.10 Å². The minimum absolute atomic E-state index is 0.0700. The van der Waals surface area contributed by atoms with E-state index in [0.717, 1.165) is 11.3 Å². The monoisotopic (exact) mass is 506 g/mol. The van der Waals surface area contributed by atoms with Gasteiger partial charge in [-0.15, -0.1) is 0 Å². The fourth-order valence-electron chi connectivity index (χ4n) is 3.82. The van der Waals surface area contributed by atoms with Crippen LogP contribution in [-0.4, -0.2) is 34.8 Å². The lowest BCUT2D eigenvalue weighted by molar-refractivity contribution is -0.386. The molecule has 11 heteroatoms. The van der Waals surface area contributed by atoms with Crippen LogP contribution in [0.15, 0.2) is 59.0 Å². The molecule has 0 saturated carbocycles. The molecule has 4 rings (SSSR count). The number of furan rings is 1. The van der Waals surface area contributed by atoms with Crippen molar-refractivity contribution in [3.8, 4) is 17.2 Å². The Labute approximate surface area is 212 Å². The Morgan fingerprint density at radius 2 is 1.81 bits per heavy atom. The molecule has 11 nitrogen and oxygen atoms in total. The van der Waals surface area contributed by atoms with E-state index < -0.39 is 10.8 Å². The van der Waals surface area contributed by atoms with Crippen molar-refractivity contribution in [1.29, 1.82) is 0 Å². The van der Waals surface area contributed by atoms with Crippen LogP contribution in [-0.2, 0) is 13.2 Å². The quantitative estimate of drug-likeness (QED) is 0.237. The lowest BCUT2D eigenvalue weighted by Crippen LogP contribution is -2.12. The van der Waals surface area contributed by atoms with E-state index in [4.69, 9.17) is 18.6 Å². The molecule has 37 heavy (non-hydrogen) atoms. The van der Waals surface area contributed by atoms with Gasteiger partial charge in [0.05, 0.1) is 42.8 Å². The summed E-state index contributed by atoms with van der Waals surface area (Å²) >= 11 is 0. The molecule has 192 valence electrons. The lowest BCUT2D eigenvalue weighted by Gasteiger charge is -2.11. The van der Waals surface area contributed by atoms with Gasteiger partial charge in [0.1, 0.15) is 12.4 Å². The van der Waals surface area contributed by atoms with Crippen LogP contribution in [0, 0.1) is 24.0 Å². The summed E-state index contributed by atoms with van der Waals surface area (Å²) in [4.78, 5) is 23.5. The van der Waals surface area contributed by atoms with Gasteiger partial charge in [0.2, 0.25) is 0 Å². The first-order valence-corrected chi connectivity index (χ1v) is 11.3. The van der Waals surface area contributed by atoms with Crippen LogP contribution in [0.25, 0.3) is 0 Å². The summed E-state index contributed by atoms with van der Waals surface area (Å²) < 4.78 is 23.6. The Kier molecular flexibility index (Phi) is 7.42. The molecular formula is C26H26N4O7. The summed E-state index contributed by atoms with van der Waals surface area (Å²) in [6.45, 7) is 4.07. The topological polar surface area (TPSA) is 131 Å². The van der Waals surface area contributed by atoms with Crippen molar-refractivity contribution in [3.63, 3.8) is 0 Å². The normalized spacial score (nSPS) is 10.7. The van der Waals surface area contributed by atoms with Gasteiger partial charge in [-0.25, -0.2) is 0 Å². The molecular weight excluding hydrogens is 480 g/mol. The second-order valence-electron chi connectivity index (χ2n) is 8.13. The van der Waals surface area contributed by atoms with Crippen LogP contribution < -0.4 is 19.5 Å². The van der Waals surface area contributed by atoms with Gasteiger partial charge in [0.25, 0.3) is 5.91 Å². The van der Waals surface area contributed by atoms with Crippen LogP contribution in [0.4, 0.5) is 11.4 Å². The third-order valence-electron chi connectivity index (χ3n) is 5.72. The maximum absolute atomic E-state index is 12.9. The van der Waals surface area contributed by atoms with Gasteiger partial charge in [-0.05, 0) is 49.7 Å². The van der Waals surface area contributed by atoms with Crippen molar-refractivity contribution in [3.05, 3.63) is 93.2 Å². The largest absolute Gasteiger partial charge is 0.493 e. The first kappa shape index (κ1) is 25.3. The molecule has 4 aromatic rings. The lowest BCUT2D eigenvalue weighted by atomic mass is 10.2. The fraction of sp³-hybridized carbons (Fsp3) is 0.231. The molecule has 2 aromatic heterocycles. The van der Waals surface area contributed by atoms with Gasteiger partial charge in [-0.3, -0.25) is 19.6 Å². The van der Waals surface area contributed by atoms with Crippen LogP contribution >= 0.6 is 0 Å². The maximum Gasteiger partial charge on any atom is 0.310 e. The summed E-state index contributed by atoms with van der Waals surface area (Å²) in [6.07, 6.45) is 0. The van der Waals surface area contributed by atoms with Gasteiger partial charge >= 0.3 is 5.69 Å². The van der Waals surface area contributed by atoms with E-state index in [-0.39, 0.29) is 23.8 Å². The fourth-order valence-corrected chi connectivity index (χ4v) is 3.82. The zero-order valence-corrected chi connectivity index (χ0v) is 20.8. The maximum atomic E-state index is 12.9. The van der Waals surface area contributed by atoms with Crippen molar-refractivity contribution < 1.29 is 28.3 Å². The number of hydrogen-bond donors (Lipinski definition) is 1. The molecule has 2 aromatic carbocycles. The highest BCUT2D eigenvalue weighted by Gasteiger charge is 2.19. The number of methoxy groups -OCH3 is 2. The first-order chi connectivity index (χ1) is 17.8. The number of amides is 1. The van der Waals surface area contributed by atoms with E-state index in [1.54, 1.807) is 37.1 Å². The Morgan fingerprint density at radius 1 is 1.05 bits per heavy atom. The van der Waals surface area contributed by atoms with E-state index in [2.05, 4.69) is 10.4 Å². The third-order valence-corrected chi connectivity index (χ3v) is 5.72. The number of para-hydroxylation sites is 2. The Bertz CT molecular complexity index is 1440. The van der Waals surface area contributed by atoms with E-state index >= 15 is 0 Å². The number of nitrogens with one attached hydrogen (secondary N) is 1. The molecule has 2 heterocycles. The second kappa shape index (κ2) is 10.9. The summed E-state index contributed by atoms with van der Waals surface area (Å²) in [6, 6.07) is 14.8. The Morgan fingerprint density at radius 3 is 2.54 bits per heavy atom. The zero-order valence-electron chi connectivity index (χ0n) is 20.8. The minimum atomic E-state index is -0.522. The minimum Gasteiger partial charge on any atom is -0.493 e. The average molecular weight is 507 g/mol. The number of nitro groups is 1. The molecule has 0 saturated heterocycles. The molecule has 0 fully saturated rings. The van der Waals surface area contributed by atoms with Gasteiger partial charge in [0.15, 0.2) is 23.0 Å². The van der Waals surface area contributed by atoms with E-state index in [1.165, 1.54) is 18.2 Å². The van der Waals surface area contributed by atoms with Crippen molar-refractivity contribution >= 4 is 17.3 Å². The first-order valence-electron chi connectivity index (χ1n) is 11.3. The molecule has 0 aliphatic rings. The smallest absolute Gasteiger partial charge is 0.310 e. The number of nitro benzene ring substituents is 1. The number of anilines is 1. The highest BCUT2D eigenvalue weighted by molar-refractivity contribution is 6.02. The van der Waals surface area contributed by atoms with Crippen molar-refractivity contribution in [2.24, 2.45) is 0 Å². The van der Waals surface area contributed by atoms with E-state index in [9.17, 15) is 14.9 Å². The van der Waals surface area contributed by atoms with E-state index in [1.807, 2.05) is 32.0 Å². The Balaban J connectivity index is 1.43. The van der Waals surface area contributed by atoms with Crippen LogP contribution in [0.2, 0.25) is 0 Å². The molecule has 0 aliphatic heterocycles. The summed E-state index contributed by atoms with van der Waals surface area (Å²) in [5.74, 6) is 1.35. The standard InChI is InChI=1S/C26H26N4O7/c1-16-25(17(2)29(28-16)14-18-9-11-22(34-3)24(13-18)35-4)27-26(31)23-12-10-19(37-23)15-36-21-8-6-5-7-20(21)30(32)33/h5-13H,14-15H2,1-4H3,(H,27,31). The third kappa shape index (κ3) is 5.56. The number of carbonyl (C=O) groups excluding carboxylic acids is 1. The van der Waals surface area contributed by atoms with Crippen molar-refractivity contribution in [2.45, 2.75) is 27.0 Å². The predicted octanol–water partition coefficient (Wildman–Crippen LogP) is 4.90. The Hall–Kier alpha value is -4.80. The number of benzene rings is 2. The molecule has 1 N–H and O–H groups in total. The number of rotatable bonds is 10. The average Bonchev–Trinajstić information content (AvgIpc) is 3.48. The van der Waals surface area contributed by atoms with Gasteiger partial charge in [-0.1, -0.05) is 18.2 Å². The van der Waals surface area contributed by atoms with Gasteiger partial charge < -0.3 is 23.9 Å². The van der Waals surface area contributed by atoms with Crippen LogP contribution in [0.1, 0.15) is 33.3 Å². The highest BCUT2D eigenvalue weighted by atomic mass is 16.6. The number of carbonyl (C=O) groups is 1. The number of ether oxygens (including phenoxy) is 3. The molecule has 0 aliphatic carbocycles. The molecule has 0 spiro atoms. The van der Waals surface area contributed by atoms with Crippen molar-refractivity contribution in [2.75, 3.05) is 19.5 Å². The molecule has 0 radical (unpaired) electrons. The molecule has 0 bridgehead atoms. The molecule has 1 amide bonds. The predicted molar refractivity (Wildman–Crippen MR) is 134 cm³/mol.